The molecule has 0 aromatic heterocycles. The van der Waals surface area contributed by atoms with Crippen LogP contribution in [0.25, 0.3) is 0 Å². The van der Waals surface area contributed by atoms with E-state index in [1.165, 1.54) is 12.5 Å². The molecule has 0 aliphatic carbocycles. The van der Waals surface area contributed by atoms with E-state index in [1.54, 1.807) is 0 Å². The van der Waals surface area contributed by atoms with Crippen molar-refractivity contribution in [2.45, 2.75) is 51.5 Å². The average Bonchev–Trinajstić information content (AvgIpc) is 2.27. The summed E-state index contributed by atoms with van der Waals surface area (Å²) in [6.45, 7) is 6.72. The van der Waals surface area contributed by atoms with Gasteiger partial charge in [0.1, 0.15) is 0 Å². The molecule has 0 atom stereocenters. The van der Waals surface area contributed by atoms with Crippen LogP contribution in [0.15, 0.2) is 0 Å². The van der Waals surface area contributed by atoms with E-state index >= 15 is 0 Å². The maximum Gasteiger partial charge on any atom is 0.154 e. The summed E-state index contributed by atoms with van der Waals surface area (Å²) in [6.07, 6.45) is 3.36. The van der Waals surface area contributed by atoms with Gasteiger partial charge in [-0.3, -0.25) is 0 Å². The standard InChI is InChI=1S/C11H27NO2Si/c1-3-7-13-11(14-8-4-2)10-15-9-5-6-12/h11H,3-10,12,15H2,1-2H3. The summed E-state index contributed by atoms with van der Waals surface area (Å²) >= 11 is 0. The third kappa shape index (κ3) is 10.4. The van der Waals surface area contributed by atoms with Crippen LogP contribution >= 0.6 is 0 Å². The van der Waals surface area contributed by atoms with Crippen molar-refractivity contribution < 1.29 is 9.47 Å². The van der Waals surface area contributed by atoms with Gasteiger partial charge in [-0.2, -0.15) is 0 Å². The summed E-state index contributed by atoms with van der Waals surface area (Å²) in [4.78, 5) is 0. The molecule has 0 unspecified atom stereocenters. The van der Waals surface area contributed by atoms with E-state index in [0.29, 0.717) is 0 Å². The van der Waals surface area contributed by atoms with Crippen molar-refractivity contribution in [1.29, 1.82) is 0 Å². The first-order valence-electron chi connectivity index (χ1n) is 6.28. The van der Waals surface area contributed by atoms with E-state index in [-0.39, 0.29) is 15.8 Å². The fraction of sp³-hybridized carbons (Fsp3) is 1.00. The lowest BCUT2D eigenvalue weighted by Gasteiger charge is -2.17. The third-order valence-corrected chi connectivity index (χ3v) is 4.04. The van der Waals surface area contributed by atoms with Gasteiger partial charge >= 0.3 is 0 Å². The zero-order chi connectivity index (χ0) is 11.4. The highest BCUT2D eigenvalue weighted by Gasteiger charge is 2.08. The normalized spacial score (nSPS) is 12.0. The molecule has 3 nitrogen and oxygen atoms in total. The predicted molar refractivity (Wildman–Crippen MR) is 68.1 cm³/mol. The Labute approximate surface area is 96.5 Å². The Hall–Kier alpha value is 0.0969. The SMILES string of the molecule is CCCOC(C[SiH2]CCCN)OCCC. The van der Waals surface area contributed by atoms with E-state index in [4.69, 9.17) is 15.2 Å². The summed E-state index contributed by atoms with van der Waals surface area (Å²) in [6, 6.07) is 2.46. The van der Waals surface area contributed by atoms with Crippen LogP contribution in [0.4, 0.5) is 0 Å². The van der Waals surface area contributed by atoms with Crippen molar-refractivity contribution in [3.8, 4) is 0 Å². The molecule has 0 rings (SSSR count). The highest BCUT2D eigenvalue weighted by atomic mass is 28.2. The maximum atomic E-state index is 5.65. The van der Waals surface area contributed by atoms with Crippen molar-refractivity contribution in [3.63, 3.8) is 0 Å². The lowest BCUT2D eigenvalue weighted by atomic mass is 10.5. The van der Waals surface area contributed by atoms with Crippen molar-refractivity contribution in [2.75, 3.05) is 19.8 Å². The van der Waals surface area contributed by atoms with Crippen LogP contribution in [-0.2, 0) is 9.47 Å². The van der Waals surface area contributed by atoms with Crippen LogP contribution in [0, 0.1) is 0 Å². The number of rotatable bonds is 11. The van der Waals surface area contributed by atoms with Crippen LogP contribution in [0.2, 0.25) is 12.1 Å². The lowest BCUT2D eigenvalue weighted by molar-refractivity contribution is -0.129. The van der Waals surface area contributed by atoms with Crippen LogP contribution in [0.1, 0.15) is 33.1 Å². The lowest BCUT2D eigenvalue weighted by Crippen LogP contribution is -2.20. The van der Waals surface area contributed by atoms with Gasteiger partial charge in [-0.15, -0.1) is 0 Å². The molecule has 0 heterocycles. The minimum atomic E-state index is -0.0331. The summed E-state index contributed by atoms with van der Waals surface area (Å²) in [5.41, 5.74) is 5.47. The third-order valence-electron chi connectivity index (χ3n) is 2.16. The largest absolute Gasteiger partial charge is 0.353 e. The van der Waals surface area contributed by atoms with Gasteiger partial charge < -0.3 is 15.2 Å². The fourth-order valence-corrected chi connectivity index (χ4v) is 2.94. The fourth-order valence-electron chi connectivity index (χ4n) is 1.35. The van der Waals surface area contributed by atoms with Gasteiger partial charge in [0.25, 0.3) is 0 Å². The molecule has 0 amide bonds. The van der Waals surface area contributed by atoms with Gasteiger partial charge in [-0.1, -0.05) is 19.9 Å². The first kappa shape index (κ1) is 15.1. The Morgan fingerprint density at radius 2 is 1.73 bits per heavy atom. The monoisotopic (exact) mass is 233 g/mol. The molecule has 0 aliphatic rings. The maximum absolute atomic E-state index is 5.65. The second-order valence-corrected chi connectivity index (χ2v) is 5.80. The molecule has 0 radical (unpaired) electrons. The van der Waals surface area contributed by atoms with Crippen molar-refractivity contribution in [1.82, 2.24) is 0 Å². The minimum absolute atomic E-state index is 0.0331. The molecule has 0 aromatic rings. The average molecular weight is 233 g/mol. The van der Waals surface area contributed by atoms with Crippen LogP contribution < -0.4 is 5.73 Å². The van der Waals surface area contributed by atoms with Crippen molar-refractivity contribution in [3.05, 3.63) is 0 Å². The van der Waals surface area contributed by atoms with Crippen LogP contribution in [0.5, 0.6) is 0 Å². The van der Waals surface area contributed by atoms with Gasteiger partial charge in [0.15, 0.2) is 6.29 Å². The summed E-state index contributed by atoms with van der Waals surface area (Å²) in [5.74, 6) is 0. The quantitative estimate of drug-likeness (QED) is 0.334. The first-order chi connectivity index (χ1) is 7.35. The summed E-state index contributed by atoms with van der Waals surface area (Å²) < 4.78 is 11.3. The van der Waals surface area contributed by atoms with Crippen LogP contribution in [-0.4, -0.2) is 35.6 Å². The summed E-state index contributed by atoms with van der Waals surface area (Å²) in [5, 5.41) is 0. The molecule has 4 heteroatoms. The number of hydrogen-bond acceptors (Lipinski definition) is 3. The Bertz CT molecular complexity index is 117. The van der Waals surface area contributed by atoms with Crippen molar-refractivity contribution in [2.24, 2.45) is 5.73 Å². The summed E-state index contributed by atoms with van der Waals surface area (Å²) in [7, 11) is -0.0331. The smallest absolute Gasteiger partial charge is 0.154 e. The molecule has 15 heavy (non-hydrogen) atoms. The minimum Gasteiger partial charge on any atom is -0.353 e. The Kier molecular flexibility index (Phi) is 12.2. The zero-order valence-electron chi connectivity index (χ0n) is 10.3. The Morgan fingerprint density at radius 1 is 1.13 bits per heavy atom. The molecule has 0 fully saturated rings. The molecule has 0 saturated carbocycles. The molecule has 0 saturated heterocycles. The van der Waals surface area contributed by atoms with Crippen LogP contribution in [0.3, 0.4) is 0 Å². The topological polar surface area (TPSA) is 44.5 Å². The molecular formula is C11H27NO2Si. The van der Waals surface area contributed by atoms with E-state index in [9.17, 15) is 0 Å². The Morgan fingerprint density at radius 3 is 2.20 bits per heavy atom. The van der Waals surface area contributed by atoms with Crippen molar-refractivity contribution >= 4 is 9.52 Å². The van der Waals surface area contributed by atoms with E-state index in [0.717, 1.165) is 38.6 Å². The molecule has 0 aliphatic heterocycles. The number of ether oxygens (including phenoxy) is 2. The molecular weight excluding hydrogens is 206 g/mol. The molecule has 0 spiro atoms. The molecule has 0 aromatic carbocycles. The van der Waals surface area contributed by atoms with Gasteiger partial charge in [0, 0.05) is 22.7 Å². The number of hydrogen-bond donors (Lipinski definition) is 1. The van der Waals surface area contributed by atoms with E-state index < -0.39 is 0 Å². The van der Waals surface area contributed by atoms with E-state index in [2.05, 4.69) is 13.8 Å². The Balaban J connectivity index is 3.49. The molecule has 92 valence electrons. The molecule has 2 N–H and O–H groups in total. The van der Waals surface area contributed by atoms with Gasteiger partial charge in [0.05, 0.1) is 0 Å². The predicted octanol–water partition coefficient (Wildman–Crippen LogP) is 1.52. The zero-order valence-corrected chi connectivity index (χ0v) is 11.7. The highest BCUT2D eigenvalue weighted by molar-refractivity contribution is 6.35. The second kappa shape index (κ2) is 12.2. The second-order valence-electron chi connectivity index (χ2n) is 3.81. The number of nitrogens with two attached hydrogens (primary N) is 1. The highest BCUT2D eigenvalue weighted by Crippen LogP contribution is 2.05. The first-order valence-corrected chi connectivity index (χ1v) is 8.28. The van der Waals surface area contributed by atoms with Gasteiger partial charge in [-0.25, -0.2) is 0 Å². The van der Waals surface area contributed by atoms with Gasteiger partial charge in [-0.05, 0) is 31.9 Å². The molecule has 0 bridgehead atoms. The van der Waals surface area contributed by atoms with E-state index in [1.807, 2.05) is 0 Å². The van der Waals surface area contributed by atoms with Gasteiger partial charge in [0.2, 0.25) is 0 Å².